The first-order chi connectivity index (χ1) is 12.2. The van der Waals surface area contributed by atoms with Crippen LogP contribution in [-0.2, 0) is 19.5 Å². The molecular formula is C19H21N5O. The van der Waals surface area contributed by atoms with Crippen LogP contribution in [0.4, 0.5) is 0 Å². The number of hydrogen-bond acceptors (Lipinski definition) is 3. The van der Waals surface area contributed by atoms with Gasteiger partial charge in [0.05, 0.1) is 18.3 Å². The van der Waals surface area contributed by atoms with Gasteiger partial charge in [0.1, 0.15) is 5.82 Å². The SMILES string of the molecule is Cc1c(C(=O)NC2CCc3nccn3C2)cnn1Cc1ccccc1. The normalized spacial score (nSPS) is 16.4. The van der Waals surface area contributed by atoms with Crippen molar-refractivity contribution >= 4 is 5.91 Å². The molecule has 1 atom stereocenters. The zero-order valence-electron chi connectivity index (χ0n) is 14.2. The van der Waals surface area contributed by atoms with Crippen LogP contribution < -0.4 is 5.32 Å². The molecule has 6 nitrogen and oxygen atoms in total. The van der Waals surface area contributed by atoms with Gasteiger partial charge < -0.3 is 9.88 Å². The number of nitrogens with zero attached hydrogens (tertiary/aromatic N) is 4. The van der Waals surface area contributed by atoms with E-state index in [1.54, 1.807) is 6.20 Å². The molecule has 1 aromatic carbocycles. The molecule has 1 amide bonds. The van der Waals surface area contributed by atoms with Gasteiger partial charge in [-0.25, -0.2) is 4.98 Å². The van der Waals surface area contributed by atoms with Crippen LogP contribution in [0, 0.1) is 6.92 Å². The number of rotatable bonds is 4. The summed E-state index contributed by atoms with van der Waals surface area (Å²) in [5.41, 5.74) is 2.70. The van der Waals surface area contributed by atoms with Crippen LogP contribution in [0.25, 0.3) is 0 Å². The van der Waals surface area contributed by atoms with Crippen molar-refractivity contribution in [2.24, 2.45) is 0 Å². The second-order valence-corrected chi connectivity index (χ2v) is 6.49. The number of benzene rings is 1. The maximum Gasteiger partial charge on any atom is 0.255 e. The van der Waals surface area contributed by atoms with Crippen molar-refractivity contribution in [2.45, 2.75) is 38.9 Å². The lowest BCUT2D eigenvalue weighted by molar-refractivity contribution is 0.0927. The fraction of sp³-hybridized carbons (Fsp3) is 0.316. The maximum atomic E-state index is 12.7. The smallest absolute Gasteiger partial charge is 0.255 e. The third-order valence-electron chi connectivity index (χ3n) is 4.79. The molecule has 0 fully saturated rings. The first kappa shape index (κ1) is 15.6. The summed E-state index contributed by atoms with van der Waals surface area (Å²) in [4.78, 5) is 17.0. The lowest BCUT2D eigenvalue weighted by Gasteiger charge is -2.24. The quantitative estimate of drug-likeness (QED) is 0.795. The number of aromatic nitrogens is 4. The molecule has 3 heterocycles. The molecule has 128 valence electrons. The Morgan fingerprint density at radius 2 is 2.16 bits per heavy atom. The fourth-order valence-electron chi connectivity index (χ4n) is 3.33. The Morgan fingerprint density at radius 3 is 3.00 bits per heavy atom. The molecule has 25 heavy (non-hydrogen) atoms. The topological polar surface area (TPSA) is 64.7 Å². The summed E-state index contributed by atoms with van der Waals surface area (Å²) in [6.45, 7) is 3.39. The number of carbonyl (C=O) groups is 1. The lowest BCUT2D eigenvalue weighted by atomic mass is 10.1. The standard InChI is InChI=1S/C19H21N5O/c1-14-17(11-21-24(14)12-15-5-3-2-4-6-15)19(25)22-16-7-8-18-20-9-10-23(18)13-16/h2-6,9-11,16H,7-8,12-13H2,1H3,(H,22,25). The number of fused-ring (bicyclic) bond motifs is 1. The Balaban J connectivity index is 1.44. The number of nitrogens with one attached hydrogen (secondary N) is 1. The zero-order chi connectivity index (χ0) is 17.2. The van der Waals surface area contributed by atoms with Gasteiger partial charge in [-0.05, 0) is 18.9 Å². The minimum atomic E-state index is -0.0506. The highest BCUT2D eigenvalue weighted by Gasteiger charge is 2.22. The van der Waals surface area contributed by atoms with Gasteiger partial charge in [0.15, 0.2) is 0 Å². The molecule has 0 aliphatic carbocycles. The van der Waals surface area contributed by atoms with Crippen LogP contribution in [0.1, 0.15) is 33.9 Å². The Labute approximate surface area is 146 Å². The second-order valence-electron chi connectivity index (χ2n) is 6.49. The number of imidazole rings is 1. The van der Waals surface area contributed by atoms with Crippen LogP contribution in [0.2, 0.25) is 0 Å². The fourth-order valence-corrected chi connectivity index (χ4v) is 3.33. The molecule has 1 aliphatic heterocycles. The van der Waals surface area contributed by atoms with E-state index in [1.807, 2.05) is 42.2 Å². The van der Waals surface area contributed by atoms with E-state index in [2.05, 4.69) is 32.1 Å². The van der Waals surface area contributed by atoms with Crippen molar-refractivity contribution in [1.82, 2.24) is 24.6 Å². The highest BCUT2D eigenvalue weighted by molar-refractivity contribution is 5.95. The first-order valence-corrected chi connectivity index (χ1v) is 8.58. The largest absolute Gasteiger partial charge is 0.347 e. The molecule has 1 N–H and O–H groups in total. The van der Waals surface area contributed by atoms with Crippen LogP contribution in [-0.4, -0.2) is 31.3 Å². The second kappa shape index (κ2) is 6.55. The Morgan fingerprint density at radius 1 is 1.32 bits per heavy atom. The molecule has 3 aromatic rings. The highest BCUT2D eigenvalue weighted by atomic mass is 16.1. The van der Waals surface area contributed by atoms with Gasteiger partial charge in [-0.1, -0.05) is 30.3 Å². The molecule has 2 aromatic heterocycles. The lowest BCUT2D eigenvalue weighted by Crippen LogP contribution is -2.41. The summed E-state index contributed by atoms with van der Waals surface area (Å²) in [6.07, 6.45) is 7.26. The summed E-state index contributed by atoms with van der Waals surface area (Å²) in [7, 11) is 0. The van der Waals surface area contributed by atoms with Crippen LogP contribution in [0.15, 0.2) is 48.9 Å². The molecule has 1 unspecified atom stereocenters. The van der Waals surface area contributed by atoms with Gasteiger partial charge in [0.25, 0.3) is 5.91 Å². The monoisotopic (exact) mass is 335 g/mol. The van der Waals surface area contributed by atoms with Crippen LogP contribution in [0.3, 0.4) is 0 Å². The highest BCUT2D eigenvalue weighted by Crippen LogP contribution is 2.15. The van der Waals surface area contributed by atoms with Crippen molar-refractivity contribution in [3.05, 3.63) is 71.6 Å². The zero-order valence-corrected chi connectivity index (χ0v) is 14.2. The minimum absolute atomic E-state index is 0.0506. The Kier molecular flexibility index (Phi) is 4.09. The number of aryl methyl sites for hydroxylation is 1. The molecule has 4 rings (SSSR count). The van der Waals surface area contributed by atoms with Gasteiger partial charge in [0, 0.05) is 37.1 Å². The number of hydrogen-bond donors (Lipinski definition) is 1. The predicted molar refractivity (Wildman–Crippen MR) is 94.3 cm³/mol. The number of carbonyl (C=O) groups excluding carboxylic acids is 1. The van der Waals surface area contributed by atoms with Crippen molar-refractivity contribution in [2.75, 3.05) is 0 Å². The molecule has 0 bridgehead atoms. The Bertz CT molecular complexity index is 880. The summed E-state index contributed by atoms with van der Waals surface area (Å²) < 4.78 is 3.99. The molecule has 0 saturated heterocycles. The predicted octanol–water partition coefficient (Wildman–Crippen LogP) is 2.18. The van der Waals surface area contributed by atoms with Crippen LogP contribution >= 0.6 is 0 Å². The van der Waals surface area contributed by atoms with E-state index in [0.29, 0.717) is 12.1 Å². The molecule has 0 spiro atoms. The molecule has 1 aliphatic rings. The van der Waals surface area contributed by atoms with Gasteiger partial charge >= 0.3 is 0 Å². The van der Waals surface area contributed by atoms with E-state index in [4.69, 9.17) is 0 Å². The maximum absolute atomic E-state index is 12.7. The third kappa shape index (κ3) is 3.20. The summed E-state index contributed by atoms with van der Waals surface area (Å²) in [5, 5.41) is 7.54. The van der Waals surface area contributed by atoms with E-state index in [1.165, 1.54) is 5.56 Å². The van der Waals surface area contributed by atoms with Gasteiger partial charge in [0.2, 0.25) is 0 Å². The summed E-state index contributed by atoms with van der Waals surface area (Å²) >= 11 is 0. The van der Waals surface area contributed by atoms with Gasteiger partial charge in [-0.3, -0.25) is 9.48 Å². The van der Waals surface area contributed by atoms with E-state index < -0.39 is 0 Å². The van der Waals surface area contributed by atoms with E-state index in [9.17, 15) is 4.79 Å². The van der Waals surface area contributed by atoms with E-state index >= 15 is 0 Å². The number of amides is 1. The van der Waals surface area contributed by atoms with Crippen molar-refractivity contribution in [3.8, 4) is 0 Å². The van der Waals surface area contributed by atoms with Crippen molar-refractivity contribution in [1.29, 1.82) is 0 Å². The average Bonchev–Trinajstić information content (AvgIpc) is 3.23. The van der Waals surface area contributed by atoms with E-state index in [0.717, 1.165) is 30.9 Å². The third-order valence-corrected chi connectivity index (χ3v) is 4.79. The van der Waals surface area contributed by atoms with Gasteiger partial charge in [-0.2, -0.15) is 5.10 Å². The molecule has 6 heteroatoms. The molecular weight excluding hydrogens is 314 g/mol. The first-order valence-electron chi connectivity index (χ1n) is 8.58. The summed E-state index contributed by atoms with van der Waals surface area (Å²) in [6, 6.07) is 10.3. The van der Waals surface area contributed by atoms with Gasteiger partial charge in [-0.15, -0.1) is 0 Å². The molecule has 0 radical (unpaired) electrons. The Hall–Kier alpha value is -2.89. The minimum Gasteiger partial charge on any atom is -0.347 e. The average molecular weight is 335 g/mol. The van der Waals surface area contributed by atoms with Crippen molar-refractivity contribution < 1.29 is 4.79 Å². The van der Waals surface area contributed by atoms with Crippen LogP contribution in [0.5, 0.6) is 0 Å². The van der Waals surface area contributed by atoms with E-state index in [-0.39, 0.29) is 11.9 Å². The van der Waals surface area contributed by atoms with Crippen molar-refractivity contribution in [3.63, 3.8) is 0 Å². The summed E-state index contributed by atoms with van der Waals surface area (Å²) in [5.74, 6) is 1.04. The molecule has 0 saturated carbocycles.